The SMILES string of the molecule is CCCCN(CC1CCNC1C)C(C)CC. The lowest BCUT2D eigenvalue weighted by atomic mass is 10.00. The van der Waals surface area contributed by atoms with Crippen molar-refractivity contribution in [1.29, 1.82) is 0 Å². The van der Waals surface area contributed by atoms with Crippen LogP contribution in [0.2, 0.25) is 0 Å². The van der Waals surface area contributed by atoms with E-state index < -0.39 is 0 Å². The van der Waals surface area contributed by atoms with Gasteiger partial charge in [-0.15, -0.1) is 0 Å². The molecule has 0 aromatic heterocycles. The molecule has 2 heteroatoms. The van der Waals surface area contributed by atoms with E-state index in [4.69, 9.17) is 0 Å². The normalized spacial score (nSPS) is 27.6. The number of hydrogen-bond donors (Lipinski definition) is 1. The molecule has 1 aliphatic heterocycles. The Hall–Kier alpha value is -0.0800. The lowest BCUT2D eigenvalue weighted by Gasteiger charge is -2.32. The minimum absolute atomic E-state index is 0.716. The Labute approximate surface area is 102 Å². The summed E-state index contributed by atoms with van der Waals surface area (Å²) in [6.45, 7) is 13.1. The highest BCUT2D eigenvalue weighted by Crippen LogP contribution is 2.19. The van der Waals surface area contributed by atoms with Gasteiger partial charge in [-0.25, -0.2) is 0 Å². The average Bonchev–Trinajstić information content (AvgIpc) is 2.69. The van der Waals surface area contributed by atoms with Crippen LogP contribution >= 0.6 is 0 Å². The zero-order valence-electron chi connectivity index (χ0n) is 11.6. The largest absolute Gasteiger partial charge is 0.314 e. The first-order valence-electron chi connectivity index (χ1n) is 7.16. The molecule has 2 nitrogen and oxygen atoms in total. The molecule has 1 fully saturated rings. The lowest BCUT2D eigenvalue weighted by Crippen LogP contribution is -2.40. The summed E-state index contributed by atoms with van der Waals surface area (Å²) in [4.78, 5) is 2.71. The molecule has 0 amide bonds. The summed E-state index contributed by atoms with van der Waals surface area (Å²) < 4.78 is 0. The Morgan fingerprint density at radius 2 is 2.12 bits per heavy atom. The number of nitrogens with zero attached hydrogens (tertiary/aromatic N) is 1. The van der Waals surface area contributed by atoms with Crippen molar-refractivity contribution in [3.05, 3.63) is 0 Å². The monoisotopic (exact) mass is 226 g/mol. The maximum atomic E-state index is 3.56. The Kier molecular flexibility index (Phi) is 6.37. The molecule has 3 unspecified atom stereocenters. The molecule has 0 radical (unpaired) electrons. The standard InChI is InChI=1S/C14H30N2/c1-5-7-10-16(12(3)6-2)11-14-8-9-15-13(14)4/h12-15H,5-11H2,1-4H3. The van der Waals surface area contributed by atoms with Crippen molar-refractivity contribution in [2.75, 3.05) is 19.6 Å². The first kappa shape index (κ1) is 14.0. The minimum atomic E-state index is 0.716. The third kappa shape index (κ3) is 4.06. The van der Waals surface area contributed by atoms with E-state index in [1.54, 1.807) is 0 Å². The Morgan fingerprint density at radius 3 is 2.62 bits per heavy atom. The quantitative estimate of drug-likeness (QED) is 0.718. The second kappa shape index (κ2) is 7.29. The molecule has 0 bridgehead atoms. The molecule has 3 atom stereocenters. The maximum absolute atomic E-state index is 3.56. The highest BCUT2D eigenvalue weighted by molar-refractivity contribution is 4.83. The minimum Gasteiger partial charge on any atom is -0.314 e. The fourth-order valence-corrected chi connectivity index (χ4v) is 2.57. The lowest BCUT2D eigenvalue weighted by molar-refractivity contribution is 0.166. The van der Waals surface area contributed by atoms with E-state index in [-0.39, 0.29) is 0 Å². The van der Waals surface area contributed by atoms with Gasteiger partial charge in [0.2, 0.25) is 0 Å². The van der Waals surface area contributed by atoms with Gasteiger partial charge in [0.05, 0.1) is 0 Å². The molecule has 1 aliphatic rings. The van der Waals surface area contributed by atoms with Gasteiger partial charge < -0.3 is 10.2 Å². The zero-order chi connectivity index (χ0) is 12.0. The van der Waals surface area contributed by atoms with Crippen LogP contribution in [0.5, 0.6) is 0 Å². The Balaban J connectivity index is 2.41. The number of unbranched alkanes of at least 4 members (excludes halogenated alkanes) is 1. The summed E-state index contributed by atoms with van der Waals surface area (Å²) in [6.07, 6.45) is 5.29. The van der Waals surface area contributed by atoms with E-state index in [0.29, 0.717) is 6.04 Å². The van der Waals surface area contributed by atoms with E-state index in [9.17, 15) is 0 Å². The van der Waals surface area contributed by atoms with Crippen LogP contribution in [0.15, 0.2) is 0 Å². The van der Waals surface area contributed by atoms with Crippen LogP contribution in [-0.2, 0) is 0 Å². The first-order chi connectivity index (χ1) is 7.69. The third-order valence-electron chi connectivity index (χ3n) is 4.17. The molecule has 16 heavy (non-hydrogen) atoms. The number of rotatable bonds is 7. The predicted molar refractivity (Wildman–Crippen MR) is 71.8 cm³/mol. The van der Waals surface area contributed by atoms with Crippen molar-refractivity contribution in [1.82, 2.24) is 10.2 Å². The second-order valence-corrected chi connectivity index (χ2v) is 5.40. The van der Waals surface area contributed by atoms with Crippen LogP contribution in [0.1, 0.15) is 53.4 Å². The third-order valence-corrected chi connectivity index (χ3v) is 4.17. The molecule has 0 aromatic carbocycles. The van der Waals surface area contributed by atoms with Crippen LogP contribution < -0.4 is 5.32 Å². The van der Waals surface area contributed by atoms with E-state index in [0.717, 1.165) is 12.0 Å². The van der Waals surface area contributed by atoms with Crippen LogP contribution in [-0.4, -0.2) is 36.6 Å². The van der Waals surface area contributed by atoms with Crippen molar-refractivity contribution in [2.24, 2.45) is 5.92 Å². The van der Waals surface area contributed by atoms with E-state index in [2.05, 4.69) is 37.9 Å². The van der Waals surface area contributed by atoms with E-state index >= 15 is 0 Å². The topological polar surface area (TPSA) is 15.3 Å². The summed E-state index contributed by atoms with van der Waals surface area (Å²) in [5.74, 6) is 0.867. The summed E-state index contributed by atoms with van der Waals surface area (Å²) >= 11 is 0. The smallest absolute Gasteiger partial charge is 0.00796 e. The van der Waals surface area contributed by atoms with Crippen molar-refractivity contribution in [2.45, 2.75) is 65.5 Å². The Morgan fingerprint density at radius 1 is 1.38 bits per heavy atom. The molecule has 0 aromatic rings. The summed E-state index contributed by atoms with van der Waals surface area (Å²) in [5.41, 5.74) is 0. The number of nitrogens with one attached hydrogen (secondary N) is 1. The molecule has 1 heterocycles. The van der Waals surface area contributed by atoms with E-state index in [1.165, 1.54) is 45.3 Å². The average molecular weight is 226 g/mol. The zero-order valence-corrected chi connectivity index (χ0v) is 11.6. The van der Waals surface area contributed by atoms with Crippen LogP contribution in [0.25, 0.3) is 0 Å². The molecular weight excluding hydrogens is 196 g/mol. The summed E-state index contributed by atoms with van der Waals surface area (Å²) in [6, 6.07) is 1.47. The van der Waals surface area contributed by atoms with Gasteiger partial charge in [-0.3, -0.25) is 0 Å². The molecule has 96 valence electrons. The fourth-order valence-electron chi connectivity index (χ4n) is 2.57. The molecule has 1 saturated heterocycles. The van der Waals surface area contributed by atoms with E-state index in [1.807, 2.05) is 0 Å². The summed E-state index contributed by atoms with van der Waals surface area (Å²) in [7, 11) is 0. The van der Waals surface area contributed by atoms with Gasteiger partial charge in [-0.2, -0.15) is 0 Å². The molecule has 1 N–H and O–H groups in total. The summed E-state index contributed by atoms with van der Waals surface area (Å²) in [5, 5.41) is 3.56. The van der Waals surface area contributed by atoms with Gasteiger partial charge in [0, 0.05) is 18.6 Å². The van der Waals surface area contributed by atoms with Gasteiger partial charge in [0.1, 0.15) is 0 Å². The predicted octanol–water partition coefficient (Wildman–Crippen LogP) is 2.89. The van der Waals surface area contributed by atoms with Gasteiger partial charge in [-0.1, -0.05) is 20.3 Å². The van der Waals surface area contributed by atoms with Gasteiger partial charge in [0.25, 0.3) is 0 Å². The van der Waals surface area contributed by atoms with Crippen molar-refractivity contribution in [3.8, 4) is 0 Å². The maximum Gasteiger partial charge on any atom is 0.00796 e. The van der Waals surface area contributed by atoms with Gasteiger partial charge in [0.15, 0.2) is 0 Å². The van der Waals surface area contributed by atoms with Crippen molar-refractivity contribution >= 4 is 0 Å². The van der Waals surface area contributed by atoms with Crippen LogP contribution in [0, 0.1) is 5.92 Å². The molecule has 0 saturated carbocycles. The Bertz CT molecular complexity index is 182. The van der Waals surface area contributed by atoms with Gasteiger partial charge >= 0.3 is 0 Å². The fraction of sp³-hybridized carbons (Fsp3) is 1.00. The highest BCUT2D eigenvalue weighted by Gasteiger charge is 2.25. The number of hydrogen-bond acceptors (Lipinski definition) is 2. The van der Waals surface area contributed by atoms with Crippen molar-refractivity contribution < 1.29 is 0 Å². The molecule has 0 spiro atoms. The molecular formula is C14H30N2. The van der Waals surface area contributed by atoms with Crippen molar-refractivity contribution in [3.63, 3.8) is 0 Å². The molecule has 0 aliphatic carbocycles. The van der Waals surface area contributed by atoms with Crippen LogP contribution in [0.3, 0.4) is 0 Å². The van der Waals surface area contributed by atoms with Gasteiger partial charge in [-0.05, 0) is 52.1 Å². The first-order valence-corrected chi connectivity index (χ1v) is 7.16. The second-order valence-electron chi connectivity index (χ2n) is 5.40. The highest BCUT2D eigenvalue weighted by atomic mass is 15.2. The van der Waals surface area contributed by atoms with Crippen LogP contribution in [0.4, 0.5) is 0 Å². The molecule has 1 rings (SSSR count).